The molecule has 0 fully saturated rings. The lowest BCUT2D eigenvalue weighted by atomic mass is 10.1. The lowest BCUT2D eigenvalue weighted by molar-refractivity contribution is 0.0925. The maximum atomic E-state index is 12.7. The maximum Gasteiger partial charge on any atom is 0.266 e. The molecule has 3 aromatic carbocycles. The number of rotatable bonds is 3. The van der Waals surface area contributed by atoms with Gasteiger partial charge in [-0.2, -0.15) is 0 Å². The summed E-state index contributed by atoms with van der Waals surface area (Å²) in [7, 11) is 0. The van der Waals surface area contributed by atoms with E-state index in [2.05, 4.69) is 0 Å². The van der Waals surface area contributed by atoms with E-state index >= 15 is 0 Å². The Morgan fingerprint density at radius 1 is 0.760 bits per heavy atom. The van der Waals surface area contributed by atoms with Gasteiger partial charge in [0.1, 0.15) is 5.75 Å². The maximum absolute atomic E-state index is 12.7. The van der Waals surface area contributed by atoms with E-state index in [-0.39, 0.29) is 11.8 Å². The lowest BCUT2D eigenvalue weighted by Crippen LogP contribution is -2.29. The molecule has 1 heterocycles. The van der Waals surface area contributed by atoms with Gasteiger partial charge in [-0.1, -0.05) is 36.4 Å². The van der Waals surface area contributed by atoms with Crippen LogP contribution in [0.5, 0.6) is 11.5 Å². The van der Waals surface area contributed by atoms with Gasteiger partial charge < -0.3 is 4.74 Å². The number of aryl methyl sites for hydroxylation is 1. The molecule has 0 saturated heterocycles. The molecule has 0 radical (unpaired) electrons. The van der Waals surface area contributed by atoms with Crippen molar-refractivity contribution >= 4 is 17.5 Å². The van der Waals surface area contributed by atoms with Crippen molar-refractivity contribution in [1.82, 2.24) is 0 Å². The summed E-state index contributed by atoms with van der Waals surface area (Å²) < 4.78 is 5.95. The average molecular weight is 329 g/mol. The second-order valence-electron chi connectivity index (χ2n) is 5.88. The minimum absolute atomic E-state index is 0.333. The van der Waals surface area contributed by atoms with Crippen molar-refractivity contribution in [1.29, 1.82) is 0 Å². The molecule has 0 aromatic heterocycles. The third-order valence-electron chi connectivity index (χ3n) is 4.12. The molecule has 4 heteroatoms. The molecule has 122 valence electrons. The van der Waals surface area contributed by atoms with E-state index in [0.29, 0.717) is 28.3 Å². The van der Waals surface area contributed by atoms with E-state index in [1.165, 1.54) is 4.90 Å². The van der Waals surface area contributed by atoms with Gasteiger partial charge in [0.2, 0.25) is 0 Å². The van der Waals surface area contributed by atoms with Crippen molar-refractivity contribution in [3.05, 3.63) is 89.5 Å². The van der Waals surface area contributed by atoms with Crippen molar-refractivity contribution in [2.45, 2.75) is 6.92 Å². The molecule has 0 saturated carbocycles. The molecule has 0 atom stereocenters. The number of ether oxygens (including phenoxy) is 1. The molecular formula is C21H15NO3. The summed E-state index contributed by atoms with van der Waals surface area (Å²) in [5, 5.41) is 0. The Balaban J connectivity index is 1.75. The van der Waals surface area contributed by atoms with Crippen LogP contribution in [0.3, 0.4) is 0 Å². The molecule has 1 aliphatic rings. The smallest absolute Gasteiger partial charge is 0.266 e. The Kier molecular flexibility index (Phi) is 3.58. The Bertz CT molecular complexity index is 959. The number of para-hydroxylation sites is 2. The number of carbonyl (C=O) groups is 2. The van der Waals surface area contributed by atoms with Crippen molar-refractivity contribution in [3.63, 3.8) is 0 Å². The van der Waals surface area contributed by atoms with E-state index in [9.17, 15) is 9.59 Å². The van der Waals surface area contributed by atoms with Crippen LogP contribution in [0, 0.1) is 6.92 Å². The highest BCUT2D eigenvalue weighted by molar-refractivity contribution is 6.34. The van der Waals surface area contributed by atoms with E-state index < -0.39 is 0 Å². The number of amides is 2. The first kappa shape index (κ1) is 15.1. The van der Waals surface area contributed by atoms with Crippen LogP contribution in [0.15, 0.2) is 72.8 Å². The van der Waals surface area contributed by atoms with Crippen LogP contribution in [0.25, 0.3) is 0 Å². The van der Waals surface area contributed by atoms with Gasteiger partial charge in [-0.3, -0.25) is 9.59 Å². The number of imide groups is 1. The summed E-state index contributed by atoms with van der Waals surface area (Å²) in [6, 6.07) is 21.5. The highest BCUT2D eigenvalue weighted by atomic mass is 16.5. The third kappa shape index (κ3) is 2.58. The number of anilines is 1. The van der Waals surface area contributed by atoms with Gasteiger partial charge in [-0.25, -0.2) is 4.90 Å². The highest BCUT2D eigenvalue weighted by Gasteiger charge is 2.37. The zero-order chi connectivity index (χ0) is 17.4. The quantitative estimate of drug-likeness (QED) is 0.660. The van der Waals surface area contributed by atoms with Crippen LogP contribution < -0.4 is 9.64 Å². The van der Waals surface area contributed by atoms with Gasteiger partial charge >= 0.3 is 0 Å². The lowest BCUT2D eigenvalue weighted by Gasteiger charge is -2.18. The van der Waals surface area contributed by atoms with Crippen LogP contribution in [0.1, 0.15) is 26.3 Å². The van der Waals surface area contributed by atoms with Crippen LogP contribution in [-0.4, -0.2) is 11.8 Å². The van der Waals surface area contributed by atoms with Crippen LogP contribution >= 0.6 is 0 Å². The monoisotopic (exact) mass is 329 g/mol. The van der Waals surface area contributed by atoms with E-state index in [1.807, 2.05) is 37.3 Å². The zero-order valence-corrected chi connectivity index (χ0v) is 13.6. The minimum atomic E-state index is -0.333. The molecule has 0 N–H and O–H groups in total. The summed E-state index contributed by atoms with van der Waals surface area (Å²) in [5.74, 6) is 0.452. The minimum Gasteiger partial charge on any atom is -0.455 e. The number of fused-ring (bicyclic) bond motifs is 1. The molecule has 25 heavy (non-hydrogen) atoms. The van der Waals surface area contributed by atoms with Gasteiger partial charge in [0.05, 0.1) is 16.8 Å². The highest BCUT2D eigenvalue weighted by Crippen LogP contribution is 2.37. The normalized spacial score (nSPS) is 13.1. The van der Waals surface area contributed by atoms with Gasteiger partial charge in [0.15, 0.2) is 5.75 Å². The summed E-state index contributed by atoms with van der Waals surface area (Å²) in [4.78, 5) is 26.6. The Morgan fingerprint density at radius 2 is 1.40 bits per heavy atom. The molecule has 0 bridgehead atoms. The number of hydrogen-bond acceptors (Lipinski definition) is 3. The fourth-order valence-electron chi connectivity index (χ4n) is 2.94. The third-order valence-corrected chi connectivity index (χ3v) is 4.12. The second-order valence-corrected chi connectivity index (χ2v) is 5.88. The fraction of sp³-hybridized carbons (Fsp3) is 0.0476. The standard InChI is InChI=1S/C21H15NO3/c1-14-7-6-8-15(13-14)25-19-12-5-4-11-18(19)22-20(23)16-9-2-3-10-17(16)21(22)24/h2-13H,1H3. The second kappa shape index (κ2) is 5.91. The number of benzene rings is 3. The van der Waals surface area contributed by atoms with E-state index in [4.69, 9.17) is 4.74 Å². The van der Waals surface area contributed by atoms with E-state index in [0.717, 1.165) is 5.56 Å². The van der Waals surface area contributed by atoms with Crippen LogP contribution in [0.4, 0.5) is 5.69 Å². The molecule has 0 aliphatic carbocycles. The molecule has 4 rings (SSSR count). The summed E-state index contributed by atoms with van der Waals surface area (Å²) in [6.45, 7) is 1.98. The summed E-state index contributed by atoms with van der Waals surface area (Å²) in [6.07, 6.45) is 0. The van der Waals surface area contributed by atoms with Gasteiger partial charge in [0.25, 0.3) is 11.8 Å². The average Bonchev–Trinajstić information content (AvgIpc) is 2.87. The molecule has 3 aromatic rings. The SMILES string of the molecule is Cc1cccc(Oc2ccccc2N2C(=O)c3ccccc3C2=O)c1. The van der Waals surface area contributed by atoms with Gasteiger partial charge in [-0.15, -0.1) is 0 Å². The van der Waals surface area contributed by atoms with Crippen LogP contribution in [-0.2, 0) is 0 Å². The summed E-state index contributed by atoms with van der Waals surface area (Å²) >= 11 is 0. The van der Waals surface area contributed by atoms with Crippen molar-refractivity contribution in [2.75, 3.05) is 4.90 Å². The fourth-order valence-corrected chi connectivity index (χ4v) is 2.94. The first-order valence-electron chi connectivity index (χ1n) is 7.96. The number of hydrogen-bond donors (Lipinski definition) is 0. The zero-order valence-electron chi connectivity index (χ0n) is 13.6. The molecular weight excluding hydrogens is 314 g/mol. The van der Waals surface area contributed by atoms with Crippen molar-refractivity contribution < 1.29 is 14.3 Å². The van der Waals surface area contributed by atoms with E-state index in [1.54, 1.807) is 42.5 Å². The predicted molar refractivity (Wildman–Crippen MR) is 95.3 cm³/mol. The Morgan fingerprint density at radius 3 is 2.08 bits per heavy atom. The molecule has 1 aliphatic heterocycles. The van der Waals surface area contributed by atoms with Crippen molar-refractivity contribution in [3.8, 4) is 11.5 Å². The Hall–Kier alpha value is -3.40. The molecule has 0 spiro atoms. The van der Waals surface area contributed by atoms with Crippen LogP contribution in [0.2, 0.25) is 0 Å². The summed E-state index contributed by atoms with van der Waals surface area (Å²) in [5.41, 5.74) is 2.33. The van der Waals surface area contributed by atoms with Gasteiger partial charge in [-0.05, 0) is 48.9 Å². The first-order chi connectivity index (χ1) is 12.1. The van der Waals surface area contributed by atoms with Gasteiger partial charge in [0, 0.05) is 0 Å². The topological polar surface area (TPSA) is 46.6 Å². The molecule has 4 nitrogen and oxygen atoms in total. The number of carbonyl (C=O) groups excluding carboxylic acids is 2. The number of nitrogens with zero attached hydrogens (tertiary/aromatic N) is 1. The Labute approximate surface area is 145 Å². The first-order valence-corrected chi connectivity index (χ1v) is 7.96. The molecule has 2 amide bonds. The largest absolute Gasteiger partial charge is 0.455 e. The predicted octanol–water partition coefficient (Wildman–Crippen LogP) is 4.59. The molecule has 0 unspecified atom stereocenters. The van der Waals surface area contributed by atoms with Crippen molar-refractivity contribution in [2.24, 2.45) is 0 Å².